The number of carbonyl (C=O) groups excluding carboxylic acids is 2. The van der Waals surface area contributed by atoms with E-state index in [0.717, 1.165) is 11.8 Å². The first-order chi connectivity index (χ1) is 8.45. The van der Waals surface area contributed by atoms with Crippen molar-refractivity contribution in [2.45, 2.75) is 25.8 Å². The van der Waals surface area contributed by atoms with Gasteiger partial charge in [-0.25, -0.2) is 4.79 Å². The molecule has 0 radical (unpaired) electrons. The van der Waals surface area contributed by atoms with Gasteiger partial charge in [0.15, 0.2) is 5.78 Å². The predicted octanol–water partition coefficient (Wildman–Crippen LogP) is 0.509. The van der Waals surface area contributed by atoms with Crippen LogP contribution in [0.1, 0.15) is 29.9 Å². The normalized spacial score (nSPS) is 10.2. The highest BCUT2D eigenvalue weighted by Crippen LogP contribution is 2.20. The lowest BCUT2D eigenvalue weighted by Gasteiger charge is -2.07. The average Bonchev–Trinajstić information content (AvgIpc) is 2.25. The number of nitrogens with one attached hydrogen (secondary N) is 2. The van der Waals surface area contributed by atoms with Gasteiger partial charge < -0.3 is 10.3 Å². The molecule has 0 aliphatic carbocycles. The Balaban J connectivity index is 2.97. The van der Waals surface area contributed by atoms with Crippen molar-refractivity contribution in [3.8, 4) is 0 Å². The first kappa shape index (κ1) is 14.4. The van der Waals surface area contributed by atoms with Crippen molar-refractivity contribution < 1.29 is 9.59 Å². The highest BCUT2D eigenvalue weighted by Gasteiger charge is 2.15. The van der Waals surface area contributed by atoms with Crippen LogP contribution >= 0.6 is 11.8 Å². The molecule has 2 N–H and O–H groups in total. The minimum atomic E-state index is -0.518. The van der Waals surface area contributed by atoms with Gasteiger partial charge in [0.2, 0.25) is 5.91 Å². The Morgan fingerprint density at radius 3 is 2.67 bits per heavy atom. The number of amides is 1. The van der Waals surface area contributed by atoms with Crippen LogP contribution in [0.25, 0.3) is 0 Å². The van der Waals surface area contributed by atoms with Gasteiger partial charge in [-0.1, -0.05) is 11.8 Å². The van der Waals surface area contributed by atoms with Crippen LogP contribution < -0.4 is 11.0 Å². The van der Waals surface area contributed by atoms with Crippen molar-refractivity contribution in [1.29, 1.82) is 0 Å². The maximum Gasteiger partial charge on any atom is 0.346 e. The lowest BCUT2D eigenvalue weighted by atomic mass is 10.2. The SMILES string of the molecule is CCNC(=O)CSc1nc(=O)[nH]c(C)c1C(C)=O. The van der Waals surface area contributed by atoms with E-state index in [9.17, 15) is 14.4 Å². The first-order valence-corrected chi connectivity index (χ1v) is 6.45. The summed E-state index contributed by atoms with van der Waals surface area (Å²) in [6.07, 6.45) is 0. The lowest BCUT2D eigenvalue weighted by Crippen LogP contribution is -2.25. The van der Waals surface area contributed by atoms with Crippen LogP contribution in [0.2, 0.25) is 0 Å². The van der Waals surface area contributed by atoms with Crippen molar-refractivity contribution in [2.24, 2.45) is 0 Å². The zero-order chi connectivity index (χ0) is 13.7. The summed E-state index contributed by atoms with van der Waals surface area (Å²) in [6.45, 7) is 5.40. The molecule has 98 valence electrons. The van der Waals surface area contributed by atoms with Crippen LogP contribution in [0.3, 0.4) is 0 Å². The molecular weight excluding hydrogens is 254 g/mol. The largest absolute Gasteiger partial charge is 0.356 e. The molecule has 0 aliphatic rings. The van der Waals surface area contributed by atoms with Gasteiger partial charge in [0.25, 0.3) is 0 Å². The molecule has 6 nitrogen and oxygen atoms in total. The molecule has 1 rings (SSSR count). The molecule has 1 heterocycles. The molecule has 1 amide bonds. The topological polar surface area (TPSA) is 91.9 Å². The van der Waals surface area contributed by atoms with Gasteiger partial charge >= 0.3 is 5.69 Å². The number of hydrogen-bond acceptors (Lipinski definition) is 5. The van der Waals surface area contributed by atoms with E-state index in [1.807, 2.05) is 6.92 Å². The van der Waals surface area contributed by atoms with E-state index in [2.05, 4.69) is 15.3 Å². The number of rotatable bonds is 5. The fourth-order valence-electron chi connectivity index (χ4n) is 1.46. The van der Waals surface area contributed by atoms with Gasteiger partial charge in [0.1, 0.15) is 5.03 Å². The Kier molecular flexibility index (Phi) is 5.08. The van der Waals surface area contributed by atoms with Crippen LogP contribution in [0.15, 0.2) is 9.82 Å². The zero-order valence-electron chi connectivity index (χ0n) is 10.5. The Bertz CT molecular complexity index is 525. The Morgan fingerprint density at radius 1 is 1.44 bits per heavy atom. The van der Waals surface area contributed by atoms with Crippen molar-refractivity contribution in [3.63, 3.8) is 0 Å². The van der Waals surface area contributed by atoms with Crippen LogP contribution in [0, 0.1) is 6.92 Å². The van der Waals surface area contributed by atoms with Crippen LogP contribution in [-0.2, 0) is 4.79 Å². The number of aromatic amines is 1. The maximum atomic E-state index is 11.5. The number of aromatic nitrogens is 2. The van der Waals surface area contributed by atoms with Gasteiger partial charge in [0, 0.05) is 12.2 Å². The van der Waals surface area contributed by atoms with Gasteiger partial charge in [0.05, 0.1) is 11.3 Å². The molecule has 0 aliphatic heterocycles. The molecule has 0 saturated carbocycles. The van der Waals surface area contributed by atoms with E-state index in [4.69, 9.17) is 0 Å². The Hall–Kier alpha value is -1.63. The van der Waals surface area contributed by atoms with Gasteiger partial charge in [-0.2, -0.15) is 4.98 Å². The van der Waals surface area contributed by atoms with Crippen molar-refractivity contribution in [1.82, 2.24) is 15.3 Å². The maximum absolute atomic E-state index is 11.5. The number of thioether (sulfide) groups is 1. The lowest BCUT2D eigenvalue weighted by molar-refractivity contribution is -0.118. The highest BCUT2D eigenvalue weighted by atomic mass is 32.2. The Labute approximate surface area is 109 Å². The highest BCUT2D eigenvalue weighted by molar-refractivity contribution is 8.00. The molecule has 7 heteroatoms. The summed E-state index contributed by atoms with van der Waals surface area (Å²) < 4.78 is 0. The monoisotopic (exact) mass is 269 g/mol. The molecule has 0 unspecified atom stereocenters. The summed E-state index contributed by atoms with van der Waals surface area (Å²) in [4.78, 5) is 40.3. The standard InChI is InChI=1S/C11H15N3O3S/c1-4-12-8(16)5-18-10-9(7(3)15)6(2)13-11(17)14-10/h4-5H2,1-3H3,(H,12,16)(H,13,14,17). The molecule has 0 spiro atoms. The molecular formula is C11H15N3O3S. The molecule has 1 aromatic rings. The predicted molar refractivity (Wildman–Crippen MR) is 69.0 cm³/mol. The third-order valence-corrected chi connectivity index (χ3v) is 3.13. The van der Waals surface area contributed by atoms with Crippen molar-refractivity contribution >= 4 is 23.5 Å². The van der Waals surface area contributed by atoms with Gasteiger partial charge in [-0.3, -0.25) is 9.59 Å². The second-order valence-corrected chi connectivity index (χ2v) is 4.61. The molecule has 0 atom stereocenters. The summed E-state index contributed by atoms with van der Waals surface area (Å²) in [5, 5.41) is 2.94. The quantitative estimate of drug-likeness (QED) is 0.461. The summed E-state index contributed by atoms with van der Waals surface area (Å²) in [5.41, 5.74) is 0.320. The molecule has 18 heavy (non-hydrogen) atoms. The van der Waals surface area contributed by atoms with E-state index in [-0.39, 0.29) is 17.4 Å². The van der Waals surface area contributed by atoms with Gasteiger partial charge in [-0.15, -0.1) is 0 Å². The van der Waals surface area contributed by atoms with E-state index in [1.54, 1.807) is 6.92 Å². The van der Waals surface area contributed by atoms with E-state index >= 15 is 0 Å². The minimum Gasteiger partial charge on any atom is -0.356 e. The second kappa shape index (κ2) is 6.34. The van der Waals surface area contributed by atoms with E-state index < -0.39 is 5.69 Å². The molecule has 0 aromatic carbocycles. The van der Waals surface area contributed by atoms with Crippen molar-refractivity contribution in [3.05, 3.63) is 21.7 Å². The summed E-state index contributed by atoms with van der Waals surface area (Å²) in [6, 6.07) is 0. The smallest absolute Gasteiger partial charge is 0.346 e. The zero-order valence-corrected chi connectivity index (χ0v) is 11.3. The summed E-state index contributed by atoms with van der Waals surface area (Å²) in [7, 11) is 0. The number of ketones is 1. The number of nitrogens with zero attached hydrogens (tertiary/aromatic N) is 1. The van der Waals surface area contributed by atoms with Crippen LogP contribution in [0.4, 0.5) is 0 Å². The van der Waals surface area contributed by atoms with Gasteiger partial charge in [-0.05, 0) is 20.8 Å². The van der Waals surface area contributed by atoms with Crippen molar-refractivity contribution in [2.75, 3.05) is 12.3 Å². The minimum absolute atomic E-state index is 0.129. The summed E-state index contributed by atoms with van der Waals surface area (Å²) >= 11 is 1.09. The third-order valence-electron chi connectivity index (χ3n) is 2.15. The van der Waals surface area contributed by atoms with E-state index in [0.29, 0.717) is 22.8 Å². The third kappa shape index (κ3) is 3.69. The number of hydrogen-bond donors (Lipinski definition) is 2. The molecule has 1 aromatic heterocycles. The fraction of sp³-hybridized carbons (Fsp3) is 0.455. The number of Topliss-reactive ketones (excluding diaryl/α,β-unsaturated/α-hetero) is 1. The number of aryl methyl sites for hydroxylation is 1. The number of H-pyrrole nitrogens is 1. The molecule has 0 saturated heterocycles. The molecule has 0 bridgehead atoms. The first-order valence-electron chi connectivity index (χ1n) is 5.47. The van der Waals surface area contributed by atoms with Crippen LogP contribution in [-0.4, -0.2) is 34.0 Å². The molecule has 0 fully saturated rings. The van der Waals surface area contributed by atoms with E-state index in [1.165, 1.54) is 6.92 Å². The second-order valence-electron chi connectivity index (χ2n) is 3.65. The number of carbonyl (C=O) groups is 2. The Morgan fingerprint density at radius 2 is 2.11 bits per heavy atom. The average molecular weight is 269 g/mol. The van der Waals surface area contributed by atoms with Crippen LogP contribution in [0.5, 0.6) is 0 Å². The summed E-state index contributed by atoms with van der Waals surface area (Å²) in [5.74, 6) is -0.212. The fourth-order valence-corrected chi connectivity index (χ4v) is 2.42.